The zero-order valence-electron chi connectivity index (χ0n) is 15.9. The number of quaternary nitrogens is 1. The van der Waals surface area contributed by atoms with Crippen molar-refractivity contribution in [2.45, 2.75) is 77.6 Å². The van der Waals surface area contributed by atoms with Gasteiger partial charge >= 0.3 is 0 Å². The molecule has 0 saturated heterocycles. The van der Waals surface area contributed by atoms with Gasteiger partial charge in [-0.05, 0) is 13.0 Å². The summed E-state index contributed by atoms with van der Waals surface area (Å²) >= 11 is 0. The SMILES string of the molecule is CCCCCCCCCCCCNCCC[N+](C)(C)CC(=O)[O-]. The number of carbonyl (C=O) groups is 1. The van der Waals surface area contributed by atoms with E-state index in [-0.39, 0.29) is 6.54 Å². The summed E-state index contributed by atoms with van der Waals surface area (Å²) in [6, 6.07) is 0. The van der Waals surface area contributed by atoms with Crippen LogP contribution in [0.1, 0.15) is 77.6 Å². The predicted octanol–water partition coefficient (Wildman–Crippen LogP) is 2.71. The van der Waals surface area contributed by atoms with Crippen molar-refractivity contribution in [1.29, 1.82) is 0 Å². The van der Waals surface area contributed by atoms with Crippen LogP contribution in [-0.4, -0.2) is 50.7 Å². The number of carbonyl (C=O) groups excluding carboxylic acids is 1. The van der Waals surface area contributed by atoms with E-state index < -0.39 is 5.97 Å². The van der Waals surface area contributed by atoms with Crippen molar-refractivity contribution in [2.75, 3.05) is 40.3 Å². The number of hydrogen-bond donors (Lipinski definition) is 1. The van der Waals surface area contributed by atoms with Gasteiger partial charge in [-0.2, -0.15) is 0 Å². The molecular weight excluding hydrogens is 288 g/mol. The van der Waals surface area contributed by atoms with Gasteiger partial charge in [-0.1, -0.05) is 64.7 Å². The molecule has 0 aliphatic rings. The van der Waals surface area contributed by atoms with Crippen molar-refractivity contribution in [2.24, 2.45) is 0 Å². The first kappa shape index (κ1) is 22.4. The van der Waals surface area contributed by atoms with Crippen LogP contribution in [0.4, 0.5) is 0 Å². The predicted molar refractivity (Wildman–Crippen MR) is 96.2 cm³/mol. The molecule has 0 bridgehead atoms. The van der Waals surface area contributed by atoms with Gasteiger partial charge in [0.1, 0.15) is 6.54 Å². The van der Waals surface area contributed by atoms with E-state index in [1.54, 1.807) is 0 Å². The molecule has 0 saturated carbocycles. The van der Waals surface area contributed by atoms with Gasteiger partial charge in [0.2, 0.25) is 0 Å². The summed E-state index contributed by atoms with van der Waals surface area (Å²) in [5.74, 6) is -0.965. The number of nitrogens with zero attached hydrogens (tertiary/aromatic N) is 1. The number of carboxylic acid groups (broad SMARTS) is 1. The van der Waals surface area contributed by atoms with Gasteiger partial charge in [-0.25, -0.2) is 0 Å². The summed E-state index contributed by atoms with van der Waals surface area (Å²) in [6.07, 6.45) is 14.7. The summed E-state index contributed by atoms with van der Waals surface area (Å²) in [6.45, 7) is 5.30. The molecule has 0 atom stereocenters. The number of hydrogen-bond acceptors (Lipinski definition) is 3. The second-order valence-electron chi connectivity index (χ2n) is 7.47. The quantitative estimate of drug-likeness (QED) is 0.330. The Kier molecular flexibility index (Phi) is 14.6. The molecule has 23 heavy (non-hydrogen) atoms. The first-order chi connectivity index (χ1) is 11.0. The third-order valence-corrected chi connectivity index (χ3v) is 4.38. The molecule has 0 radical (unpaired) electrons. The van der Waals surface area contributed by atoms with E-state index in [9.17, 15) is 9.90 Å². The number of likely N-dealkylation sites (N-methyl/N-ethyl adjacent to an activating group) is 1. The Bertz CT molecular complexity index is 281. The fourth-order valence-corrected chi connectivity index (χ4v) is 2.92. The number of unbranched alkanes of at least 4 members (excludes halogenated alkanes) is 9. The van der Waals surface area contributed by atoms with Gasteiger partial charge in [0.25, 0.3) is 0 Å². The number of carboxylic acids is 1. The molecule has 0 unspecified atom stereocenters. The van der Waals surface area contributed by atoms with Crippen LogP contribution in [0.3, 0.4) is 0 Å². The molecule has 0 heterocycles. The van der Waals surface area contributed by atoms with Crippen molar-refractivity contribution in [1.82, 2.24) is 5.32 Å². The topological polar surface area (TPSA) is 52.2 Å². The van der Waals surface area contributed by atoms with E-state index in [1.165, 1.54) is 64.2 Å². The Morgan fingerprint density at radius 2 is 1.30 bits per heavy atom. The molecule has 0 aliphatic heterocycles. The highest BCUT2D eigenvalue weighted by Gasteiger charge is 2.14. The van der Waals surface area contributed by atoms with Gasteiger partial charge in [-0.3, -0.25) is 0 Å². The standard InChI is InChI=1S/C19H40N2O2/c1-4-5-6-7-8-9-10-11-12-13-15-20-16-14-17-21(2,3)18-19(22)23/h20H,4-18H2,1-3H3. The zero-order chi connectivity index (χ0) is 17.4. The lowest BCUT2D eigenvalue weighted by Gasteiger charge is -2.30. The Hall–Kier alpha value is -0.610. The van der Waals surface area contributed by atoms with E-state index in [0.29, 0.717) is 4.48 Å². The molecule has 4 heteroatoms. The molecule has 0 aromatic rings. The molecule has 0 rings (SSSR count). The monoisotopic (exact) mass is 328 g/mol. The van der Waals surface area contributed by atoms with E-state index in [0.717, 1.165) is 26.1 Å². The summed E-state index contributed by atoms with van der Waals surface area (Å²) in [5.41, 5.74) is 0. The van der Waals surface area contributed by atoms with Crippen LogP contribution in [0.15, 0.2) is 0 Å². The highest BCUT2D eigenvalue weighted by Crippen LogP contribution is 2.10. The lowest BCUT2D eigenvalue weighted by molar-refractivity contribution is -0.884. The summed E-state index contributed by atoms with van der Waals surface area (Å²) in [4.78, 5) is 10.6. The fourth-order valence-electron chi connectivity index (χ4n) is 2.92. The Morgan fingerprint density at radius 3 is 1.83 bits per heavy atom. The second kappa shape index (κ2) is 14.9. The van der Waals surface area contributed by atoms with Gasteiger partial charge in [0.15, 0.2) is 0 Å². The molecule has 0 spiro atoms. The van der Waals surface area contributed by atoms with E-state index in [2.05, 4.69) is 12.2 Å². The van der Waals surface area contributed by atoms with Crippen LogP contribution < -0.4 is 10.4 Å². The average Bonchev–Trinajstić information content (AvgIpc) is 2.46. The number of nitrogens with one attached hydrogen (secondary N) is 1. The van der Waals surface area contributed by atoms with Crippen LogP contribution >= 0.6 is 0 Å². The van der Waals surface area contributed by atoms with E-state index in [4.69, 9.17) is 0 Å². The first-order valence-corrected chi connectivity index (χ1v) is 9.70. The lowest BCUT2D eigenvalue weighted by Crippen LogP contribution is -2.49. The van der Waals surface area contributed by atoms with Crippen LogP contribution in [-0.2, 0) is 4.79 Å². The normalized spacial score (nSPS) is 11.8. The second-order valence-corrected chi connectivity index (χ2v) is 7.47. The zero-order valence-corrected chi connectivity index (χ0v) is 15.9. The highest BCUT2D eigenvalue weighted by molar-refractivity contribution is 5.65. The number of rotatable bonds is 17. The smallest absolute Gasteiger partial charge is 0.119 e. The molecule has 4 nitrogen and oxygen atoms in total. The minimum absolute atomic E-state index is 0.0957. The molecule has 0 fully saturated rings. The van der Waals surface area contributed by atoms with Crippen LogP contribution in [0, 0.1) is 0 Å². The molecule has 0 aromatic carbocycles. The molecule has 138 valence electrons. The van der Waals surface area contributed by atoms with Crippen LogP contribution in [0.25, 0.3) is 0 Å². The highest BCUT2D eigenvalue weighted by atomic mass is 16.4. The van der Waals surface area contributed by atoms with Crippen molar-refractivity contribution >= 4 is 5.97 Å². The first-order valence-electron chi connectivity index (χ1n) is 9.70. The molecular formula is C19H40N2O2. The lowest BCUT2D eigenvalue weighted by atomic mass is 10.1. The number of aliphatic carboxylic acids is 1. The van der Waals surface area contributed by atoms with E-state index in [1.807, 2.05) is 14.1 Å². The molecule has 0 aliphatic carbocycles. The van der Waals surface area contributed by atoms with Crippen molar-refractivity contribution in [3.63, 3.8) is 0 Å². The van der Waals surface area contributed by atoms with Gasteiger partial charge in [0, 0.05) is 13.0 Å². The third-order valence-electron chi connectivity index (χ3n) is 4.38. The maximum atomic E-state index is 10.6. The summed E-state index contributed by atoms with van der Waals surface area (Å²) in [5, 5.41) is 14.1. The minimum atomic E-state index is -0.965. The van der Waals surface area contributed by atoms with Crippen molar-refractivity contribution in [3.05, 3.63) is 0 Å². The van der Waals surface area contributed by atoms with Crippen molar-refractivity contribution < 1.29 is 14.4 Å². The molecule has 1 N–H and O–H groups in total. The summed E-state index contributed by atoms with van der Waals surface area (Å²) < 4.78 is 0.502. The maximum absolute atomic E-state index is 10.6. The molecule has 0 amide bonds. The Labute approximate surface area is 144 Å². The minimum Gasteiger partial charge on any atom is -0.544 e. The van der Waals surface area contributed by atoms with Crippen LogP contribution in [0.2, 0.25) is 0 Å². The van der Waals surface area contributed by atoms with E-state index >= 15 is 0 Å². The van der Waals surface area contributed by atoms with Gasteiger partial charge in [-0.15, -0.1) is 0 Å². The molecule has 0 aromatic heterocycles. The average molecular weight is 329 g/mol. The van der Waals surface area contributed by atoms with Gasteiger partial charge < -0.3 is 19.7 Å². The maximum Gasteiger partial charge on any atom is 0.119 e. The van der Waals surface area contributed by atoms with Crippen LogP contribution in [0.5, 0.6) is 0 Å². The largest absolute Gasteiger partial charge is 0.544 e. The third kappa shape index (κ3) is 17.6. The fraction of sp³-hybridized carbons (Fsp3) is 0.947. The summed E-state index contributed by atoms with van der Waals surface area (Å²) in [7, 11) is 3.89. The van der Waals surface area contributed by atoms with Gasteiger partial charge in [0.05, 0.1) is 26.6 Å². The Morgan fingerprint density at radius 1 is 0.826 bits per heavy atom. The Balaban J connectivity index is 3.20. The van der Waals surface area contributed by atoms with Crippen molar-refractivity contribution in [3.8, 4) is 0 Å².